The smallest absolute Gasteiger partial charge is 0.341 e. The van der Waals surface area contributed by atoms with E-state index >= 15 is 0 Å². The maximum atomic E-state index is 14.0. The molecule has 0 atom stereocenters. The number of aromatic nitrogens is 4. The number of piperidine rings is 1. The number of nitrogens with one attached hydrogen (secondary N) is 1. The average Bonchev–Trinajstić information content (AvgIpc) is 3.58. The highest BCUT2D eigenvalue weighted by atomic mass is 19.4. The summed E-state index contributed by atoms with van der Waals surface area (Å²) in [6.45, 7) is 9.90. The molecule has 4 aromatic rings. The lowest BCUT2D eigenvalue weighted by atomic mass is 10.1. The molecule has 2 aromatic carbocycles. The number of rotatable bonds is 6. The van der Waals surface area contributed by atoms with E-state index in [4.69, 9.17) is 6.57 Å². The van der Waals surface area contributed by atoms with Gasteiger partial charge in [-0.25, -0.2) is 23.7 Å². The van der Waals surface area contributed by atoms with Gasteiger partial charge in [0, 0.05) is 19.1 Å². The molecule has 0 unspecified atom stereocenters. The van der Waals surface area contributed by atoms with Crippen molar-refractivity contribution in [3.05, 3.63) is 94.0 Å². The summed E-state index contributed by atoms with van der Waals surface area (Å²) in [5.41, 5.74) is -0.198. The summed E-state index contributed by atoms with van der Waals surface area (Å²) in [6.07, 6.45) is -2.23. The highest BCUT2D eigenvalue weighted by Crippen LogP contribution is 2.32. The van der Waals surface area contributed by atoms with E-state index in [1.807, 2.05) is 14.1 Å². The molecule has 3 heterocycles. The number of halogens is 3. The number of amides is 2. The maximum Gasteiger partial charge on any atom is 0.416 e. The molecule has 1 saturated heterocycles. The number of alkyl halides is 3. The number of imidazole rings is 1. The Bertz CT molecular complexity index is 1820. The topological polar surface area (TPSA) is 102 Å². The molecule has 2 amide bonds. The molecule has 1 fully saturated rings. The Labute approximate surface area is 256 Å². The van der Waals surface area contributed by atoms with Crippen molar-refractivity contribution in [1.82, 2.24) is 34.0 Å². The van der Waals surface area contributed by atoms with Crippen molar-refractivity contribution >= 4 is 17.6 Å². The number of carbonyl (C=O) groups excluding carboxylic acids is 2. The van der Waals surface area contributed by atoms with Gasteiger partial charge in [-0.1, -0.05) is 18.2 Å². The first-order valence-electron chi connectivity index (χ1n) is 14.2. The summed E-state index contributed by atoms with van der Waals surface area (Å²) in [6, 6.07) is 11.4. The van der Waals surface area contributed by atoms with Crippen LogP contribution in [0.2, 0.25) is 0 Å². The number of carbonyl (C=O) groups is 2. The molecule has 0 bridgehead atoms. The lowest BCUT2D eigenvalue weighted by Gasteiger charge is -2.33. The minimum atomic E-state index is -4.64. The largest absolute Gasteiger partial charge is 0.416 e. The molecule has 2 aromatic heterocycles. The summed E-state index contributed by atoms with van der Waals surface area (Å²) >= 11 is 0. The second-order valence-corrected chi connectivity index (χ2v) is 11.0. The van der Waals surface area contributed by atoms with Crippen LogP contribution in [-0.2, 0) is 11.0 Å². The first-order chi connectivity index (χ1) is 21.4. The van der Waals surface area contributed by atoms with Crippen molar-refractivity contribution < 1.29 is 22.8 Å². The fourth-order valence-electron chi connectivity index (χ4n) is 5.46. The Morgan fingerprint density at radius 2 is 1.76 bits per heavy atom. The van der Waals surface area contributed by atoms with Gasteiger partial charge in [0.15, 0.2) is 5.69 Å². The van der Waals surface area contributed by atoms with Crippen LogP contribution in [0, 0.1) is 13.5 Å². The highest BCUT2D eigenvalue weighted by Gasteiger charge is 2.33. The lowest BCUT2D eigenvalue weighted by molar-refractivity contribution is -0.137. The molecule has 5 rings (SSSR count). The van der Waals surface area contributed by atoms with Gasteiger partial charge < -0.3 is 15.1 Å². The fraction of sp³-hybridized carbons (Fsp3) is 0.323. The Morgan fingerprint density at radius 3 is 2.38 bits per heavy atom. The van der Waals surface area contributed by atoms with Gasteiger partial charge in [-0.3, -0.25) is 9.36 Å². The second kappa shape index (κ2) is 12.4. The van der Waals surface area contributed by atoms with E-state index in [-0.39, 0.29) is 35.6 Å². The van der Waals surface area contributed by atoms with Gasteiger partial charge in [0.05, 0.1) is 47.6 Å². The molecule has 0 spiro atoms. The third-order valence-electron chi connectivity index (χ3n) is 7.65. The molecule has 11 nitrogen and oxygen atoms in total. The zero-order valence-corrected chi connectivity index (χ0v) is 24.9. The van der Waals surface area contributed by atoms with Gasteiger partial charge in [0.25, 0.3) is 0 Å². The third kappa shape index (κ3) is 6.39. The van der Waals surface area contributed by atoms with Crippen LogP contribution in [0.5, 0.6) is 0 Å². The molecule has 0 radical (unpaired) electrons. The van der Waals surface area contributed by atoms with Crippen LogP contribution in [-0.4, -0.2) is 80.4 Å². The highest BCUT2D eigenvalue weighted by molar-refractivity contribution is 5.83. The van der Waals surface area contributed by atoms with Crippen molar-refractivity contribution in [1.29, 1.82) is 0 Å². The van der Waals surface area contributed by atoms with Crippen molar-refractivity contribution in [3.63, 3.8) is 0 Å². The molecule has 1 N–H and O–H groups in total. The van der Waals surface area contributed by atoms with Crippen molar-refractivity contribution in [2.45, 2.75) is 32.0 Å². The minimum absolute atomic E-state index is 0.0187. The molecule has 234 valence electrons. The third-order valence-corrected chi connectivity index (χ3v) is 7.65. The number of benzene rings is 2. The van der Waals surface area contributed by atoms with E-state index in [9.17, 15) is 27.6 Å². The van der Waals surface area contributed by atoms with Crippen LogP contribution in [0.15, 0.2) is 65.6 Å². The van der Waals surface area contributed by atoms with E-state index in [1.54, 1.807) is 47.1 Å². The molecule has 14 heteroatoms. The van der Waals surface area contributed by atoms with Crippen molar-refractivity contribution in [2.24, 2.45) is 0 Å². The second-order valence-electron chi connectivity index (χ2n) is 11.0. The van der Waals surface area contributed by atoms with E-state index in [1.165, 1.54) is 23.0 Å². The standard InChI is InChI=1S/C31H31F3N8O3/c1-20-28(26-12-15-36-42(26)24-10-8-22(35-2)9-11-24)41(30(45)40(20)25-7-5-6-21(18-25)31(32,33)34)29(44)37-23-13-16-39(17-14-23)27(43)19-38(3)4/h5-12,15,18,23H,13-14,16-17,19H2,1,3-4H3,(H,37,44). The molecule has 0 aliphatic carbocycles. The Balaban J connectivity index is 1.56. The summed E-state index contributed by atoms with van der Waals surface area (Å²) in [4.78, 5) is 47.2. The molecule has 45 heavy (non-hydrogen) atoms. The van der Waals surface area contributed by atoms with Gasteiger partial charge in [-0.05, 0) is 70.3 Å². The molecule has 0 saturated carbocycles. The van der Waals surface area contributed by atoms with E-state index in [0.29, 0.717) is 43.0 Å². The SMILES string of the molecule is [C-]#[N+]c1ccc(-n2nccc2-c2c(C)n(-c3cccc(C(F)(F)F)c3)c(=O)n2C(=O)NC2CCN(C(=O)CN(C)C)CC2)cc1. The fourth-order valence-corrected chi connectivity index (χ4v) is 5.46. The van der Waals surface area contributed by atoms with E-state index in [0.717, 1.165) is 21.3 Å². The predicted molar refractivity (Wildman–Crippen MR) is 161 cm³/mol. The van der Waals surface area contributed by atoms with Gasteiger partial charge in [-0.2, -0.15) is 18.3 Å². The number of likely N-dealkylation sites (N-methyl/N-ethyl adjacent to an activating group) is 1. The molecule has 1 aliphatic heterocycles. The summed E-state index contributed by atoms with van der Waals surface area (Å²) in [7, 11) is 3.62. The number of hydrogen-bond acceptors (Lipinski definition) is 5. The van der Waals surface area contributed by atoms with Crippen molar-refractivity contribution in [3.8, 4) is 22.8 Å². The van der Waals surface area contributed by atoms with E-state index in [2.05, 4.69) is 15.3 Å². The van der Waals surface area contributed by atoms with Gasteiger partial charge >= 0.3 is 17.9 Å². The van der Waals surface area contributed by atoms with Crippen LogP contribution in [0.1, 0.15) is 24.1 Å². The lowest BCUT2D eigenvalue weighted by Crippen LogP contribution is -2.50. The number of nitrogens with zero attached hydrogens (tertiary/aromatic N) is 7. The molecule has 1 aliphatic rings. The first-order valence-corrected chi connectivity index (χ1v) is 14.2. The normalized spacial score (nSPS) is 14.0. The Morgan fingerprint density at radius 1 is 1.07 bits per heavy atom. The Hall–Kier alpha value is -5.16. The summed E-state index contributed by atoms with van der Waals surface area (Å²) < 4.78 is 44.3. The van der Waals surface area contributed by atoms with E-state index < -0.39 is 23.5 Å². The van der Waals surface area contributed by atoms with Gasteiger partial charge in [0.2, 0.25) is 5.91 Å². The van der Waals surface area contributed by atoms with Crippen LogP contribution >= 0.6 is 0 Å². The maximum absolute atomic E-state index is 14.0. The minimum Gasteiger partial charge on any atom is -0.341 e. The van der Waals surface area contributed by atoms with Gasteiger partial charge in [0.1, 0.15) is 5.69 Å². The first kappa shape index (κ1) is 31.3. The number of hydrogen-bond donors (Lipinski definition) is 1. The van der Waals surface area contributed by atoms with Crippen LogP contribution in [0.3, 0.4) is 0 Å². The predicted octanol–water partition coefficient (Wildman–Crippen LogP) is 4.48. The van der Waals surface area contributed by atoms with Gasteiger partial charge in [-0.15, -0.1) is 0 Å². The molecular formula is C31H31F3N8O3. The van der Waals surface area contributed by atoms with Crippen molar-refractivity contribution in [2.75, 3.05) is 33.7 Å². The zero-order chi connectivity index (χ0) is 32.5. The molecular weight excluding hydrogens is 589 g/mol. The van der Waals surface area contributed by atoms with Crippen LogP contribution in [0.25, 0.3) is 27.6 Å². The summed E-state index contributed by atoms with van der Waals surface area (Å²) in [5, 5.41) is 7.27. The average molecular weight is 621 g/mol. The summed E-state index contributed by atoms with van der Waals surface area (Å²) in [5.74, 6) is -0.0187. The van der Waals surface area contributed by atoms with Crippen LogP contribution < -0.4 is 11.0 Å². The number of likely N-dealkylation sites (tertiary alicyclic amines) is 1. The quantitative estimate of drug-likeness (QED) is 0.321. The zero-order valence-electron chi connectivity index (χ0n) is 24.9. The Kier molecular flexibility index (Phi) is 8.65. The monoisotopic (exact) mass is 620 g/mol. The van der Waals surface area contributed by atoms with Crippen LogP contribution in [0.4, 0.5) is 23.7 Å².